The fourth-order valence-electron chi connectivity index (χ4n) is 4.12. The van der Waals surface area contributed by atoms with Crippen LogP contribution in [-0.2, 0) is 4.79 Å². The van der Waals surface area contributed by atoms with Crippen molar-refractivity contribution in [1.82, 2.24) is 19.9 Å². The number of likely N-dealkylation sites (N-methyl/N-ethyl adjacent to an activating group) is 1. The molecule has 2 aromatic carbocycles. The van der Waals surface area contributed by atoms with Crippen LogP contribution < -0.4 is 0 Å². The van der Waals surface area contributed by atoms with Crippen molar-refractivity contribution in [2.75, 3.05) is 19.6 Å². The standard InChI is InChI=1S/C24H24ClN5O5/c1-2-28(24(32)17-8-6-10-19(14-17)30(33)34)15-21(31)29-12-4-3-11-20(29)23-26-22(27-35-23)16-7-5-9-18(25)13-16/h5-10,13-14,20H,2-4,11-12,15H2,1H3. The number of nitrogens with zero attached hydrogens (tertiary/aromatic N) is 5. The number of carbonyl (C=O) groups excluding carboxylic acids is 2. The Bertz CT molecular complexity index is 1250. The van der Waals surface area contributed by atoms with Gasteiger partial charge in [-0.1, -0.05) is 35.0 Å². The van der Waals surface area contributed by atoms with Gasteiger partial charge in [-0.05, 0) is 44.4 Å². The molecule has 1 aliphatic rings. The van der Waals surface area contributed by atoms with E-state index in [1.54, 1.807) is 30.0 Å². The van der Waals surface area contributed by atoms with E-state index in [-0.39, 0.29) is 30.2 Å². The second kappa shape index (κ2) is 10.6. The number of nitro groups is 1. The van der Waals surface area contributed by atoms with Crippen LogP contribution in [0.2, 0.25) is 5.02 Å². The lowest BCUT2D eigenvalue weighted by Crippen LogP contribution is -2.46. The largest absolute Gasteiger partial charge is 0.337 e. The van der Waals surface area contributed by atoms with Crippen LogP contribution in [-0.4, -0.2) is 56.3 Å². The molecule has 1 atom stereocenters. The number of benzene rings is 2. The van der Waals surface area contributed by atoms with Crippen molar-refractivity contribution in [3.8, 4) is 11.4 Å². The Balaban J connectivity index is 1.51. The quantitative estimate of drug-likeness (QED) is 0.347. The van der Waals surface area contributed by atoms with Crippen molar-refractivity contribution in [3.63, 3.8) is 0 Å². The molecule has 2 amide bonds. The molecule has 4 rings (SSSR count). The Morgan fingerprint density at radius 2 is 2.03 bits per heavy atom. The average molecular weight is 498 g/mol. The highest BCUT2D eigenvalue weighted by Gasteiger charge is 2.33. The fourth-order valence-corrected chi connectivity index (χ4v) is 4.31. The van der Waals surface area contributed by atoms with Gasteiger partial charge < -0.3 is 14.3 Å². The van der Waals surface area contributed by atoms with Crippen molar-refractivity contribution >= 4 is 29.1 Å². The van der Waals surface area contributed by atoms with Crippen LogP contribution in [0, 0.1) is 10.1 Å². The molecule has 1 aliphatic heterocycles. The monoisotopic (exact) mass is 497 g/mol. The summed E-state index contributed by atoms with van der Waals surface area (Å²) in [4.78, 5) is 44.4. The topological polar surface area (TPSA) is 123 Å². The molecule has 10 nitrogen and oxygen atoms in total. The van der Waals surface area contributed by atoms with E-state index in [2.05, 4.69) is 10.1 Å². The van der Waals surface area contributed by atoms with Crippen molar-refractivity contribution in [2.45, 2.75) is 32.2 Å². The average Bonchev–Trinajstić information content (AvgIpc) is 3.37. The Morgan fingerprint density at radius 1 is 1.23 bits per heavy atom. The summed E-state index contributed by atoms with van der Waals surface area (Å²) >= 11 is 6.07. The zero-order chi connectivity index (χ0) is 24.9. The van der Waals surface area contributed by atoms with Crippen LogP contribution in [0.1, 0.15) is 48.5 Å². The zero-order valence-electron chi connectivity index (χ0n) is 19.1. The van der Waals surface area contributed by atoms with Gasteiger partial charge in [-0.3, -0.25) is 19.7 Å². The number of hydrogen-bond donors (Lipinski definition) is 0. The predicted molar refractivity (Wildman–Crippen MR) is 128 cm³/mol. The van der Waals surface area contributed by atoms with Crippen molar-refractivity contribution in [2.24, 2.45) is 0 Å². The first kappa shape index (κ1) is 24.3. The smallest absolute Gasteiger partial charge is 0.270 e. The molecule has 0 aliphatic carbocycles. The third-order valence-electron chi connectivity index (χ3n) is 5.93. The lowest BCUT2D eigenvalue weighted by Gasteiger charge is -2.35. The van der Waals surface area contributed by atoms with E-state index in [1.165, 1.54) is 29.2 Å². The molecule has 11 heteroatoms. The van der Waals surface area contributed by atoms with Gasteiger partial charge in [0.25, 0.3) is 11.6 Å². The van der Waals surface area contributed by atoms with Crippen molar-refractivity contribution < 1.29 is 19.0 Å². The minimum absolute atomic E-state index is 0.159. The number of non-ortho nitro benzene ring substituents is 1. The van der Waals surface area contributed by atoms with Gasteiger partial charge in [0, 0.05) is 41.4 Å². The highest BCUT2D eigenvalue weighted by atomic mass is 35.5. The normalized spacial score (nSPS) is 15.6. The molecule has 1 aromatic heterocycles. The van der Waals surface area contributed by atoms with E-state index in [9.17, 15) is 19.7 Å². The predicted octanol–water partition coefficient (Wildman–Crippen LogP) is 4.51. The maximum atomic E-state index is 13.3. The SMILES string of the molecule is CCN(CC(=O)N1CCCCC1c1nc(-c2cccc(Cl)c2)no1)C(=O)c1cccc([N+](=O)[O-])c1. The van der Waals surface area contributed by atoms with Gasteiger partial charge in [0.15, 0.2) is 0 Å². The molecule has 0 spiro atoms. The summed E-state index contributed by atoms with van der Waals surface area (Å²) in [5.41, 5.74) is 0.689. The number of hydrogen-bond acceptors (Lipinski definition) is 7. The molecule has 1 fully saturated rings. The molecule has 0 bridgehead atoms. The lowest BCUT2D eigenvalue weighted by molar-refractivity contribution is -0.384. The lowest BCUT2D eigenvalue weighted by atomic mass is 10.0. The number of nitro benzene ring substituents is 1. The Hall–Kier alpha value is -3.79. The van der Waals surface area contributed by atoms with Gasteiger partial charge in [-0.25, -0.2) is 0 Å². The summed E-state index contributed by atoms with van der Waals surface area (Å²) in [6, 6.07) is 12.2. The summed E-state index contributed by atoms with van der Waals surface area (Å²) in [6.07, 6.45) is 2.38. The van der Waals surface area contributed by atoms with Crippen molar-refractivity contribution in [3.05, 3.63) is 75.1 Å². The van der Waals surface area contributed by atoms with Crippen LogP contribution in [0.15, 0.2) is 53.1 Å². The first-order chi connectivity index (χ1) is 16.9. The highest BCUT2D eigenvalue weighted by Crippen LogP contribution is 2.32. The Labute approximate surface area is 206 Å². The summed E-state index contributed by atoms with van der Waals surface area (Å²) in [7, 11) is 0. The number of likely N-dealkylation sites (tertiary alicyclic amines) is 1. The third kappa shape index (κ3) is 5.48. The van der Waals surface area contributed by atoms with Crippen LogP contribution in [0.25, 0.3) is 11.4 Å². The molecule has 2 heterocycles. The van der Waals surface area contributed by atoms with E-state index in [0.29, 0.717) is 35.3 Å². The second-order valence-electron chi connectivity index (χ2n) is 8.19. The fraction of sp³-hybridized carbons (Fsp3) is 0.333. The maximum Gasteiger partial charge on any atom is 0.270 e. The molecule has 1 saturated heterocycles. The highest BCUT2D eigenvalue weighted by molar-refractivity contribution is 6.30. The first-order valence-electron chi connectivity index (χ1n) is 11.3. The molecule has 182 valence electrons. The molecule has 0 N–H and O–H groups in total. The maximum absolute atomic E-state index is 13.3. The second-order valence-corrected chi connectivity index (χ2v) is 8.63. The van der Waals surface area contributed by atoms with E-state index >= 15 is 0 Å². The van der Waals surface area contributed by atoms with E-state index < -0.39 is 16.9 Å². The van der Waals surface area contributed by atoms with Crippen LogP contribution in [0.3, 0.4) is 0 Å². The number of carbonyl (C=O) groups is 2. The van der Waals surface area contributed by atoms with Crippen molar-refractivity contribution in [1.29, 1.82) is 0 Å². The molecule has 1 unspecified atom stereocenters. The van der Waals surface area contributed by atoms with Gasteiger partial charge in [0.1, 0.15) is 12.6 Å². The molecule has 0 saturated carbocycles. The van der Waals surface area contributed by atoms with Gasteiger partial charge >= 0.3 is 0 Å². The van der Waals surface area contributed by atoms with E-state index in [4.69, 9.17) is 16.1 Å². The van der Waals surface area contributed by atoms with E-state index in [0.717, 1.165) is 12.8 Å². The molecule has 35 heavy (non-hydrogen) atoms. The number of halogens is 1. The third-order valence-corrected chi connectivity index (χ3v) is 6.17. The molecular weight excluding hydrogens is 474 g/mol. The van der Waals surface area contributed by atoms with Gasteiger partial charge in [-0.15, -0.1) is 0 Å². The molecule has 0 radical (unpaired) electrons. The minimum atomic E-state index is -0.557. The van der Waals surface area contributed by atoms with Gasteiger partial charge in [0.2, 0.25) is 17.6 Å². The van der Waals surface area contributed by atoms with E-state index in [1.807, 2.05) is 6.07 Å². The summed E-state index contributed by atoms with van der Waals surface area (Å²) in [6.45, 7) is 2.36. The number of aromatic nitrogens is 2. The summed E-state index contributed by atoms with van der Waals surface area (Å²) in [5.74, 6) is 0.0228. The Morgan fingerprint density at radius 3 is 2.77 bits per heavy atom. The number of amides is 2. The van der Waals surface area contributed by atoms with Crippen LogP contribution in [0.5, 0.6) is 0 Å². The van der Waals surface area contributed by atoms with Crippen LogP contribution in [0.4, 0.5) is 5.69 Å². The van der Waals surface area contributed by atoms with Gasteiger partial charge in [-0.2, -0.15) is 4.98 Å². The first-order valence-corrected chi connectivity index (χ1v) is 11.7. The minimum Gasteiger partial charge on any atom is -0.337 e. The summed E-state index contributed by atoms with van der Waals surface area (Å²) < 4.78 is 5.52. The van der Waals surface area contributed by atoms with Gasteiger partial charge in [0.05, 0.1) is 4.92 Å². The number of rotatable bonds is 7. The molecular formula is C24H24ClN5O5. The Kier molecular flexibility index (Phi) is 7.40. The van der Waals surface area contributed by atoms with Crippen LogP contribution >= 0.6 is 11.6 Å². The number of piperidine rings is 1. The zero-order valence-corrected chi connectivity index (χ0v) is 19.8. The summed E-state index contributed by atoms with van der Waals surface area (Å²) in [5, 5.41) is 15.7. The molecule has 3 aromatic rings.